The zero-order valence-electron chi connectivity index (χ0n) is 8.00. The van der Waals surface area contributed by atoms with E-state index in [0.29, 0.717) is 12.1 Å². The number of nitrogens with two attached hydrogens (primary N) is 1. The second-order valence-corrected chi connectivity index (χ2v) is 4.46. The van der Waals surface area contributed by atoms with Crippen molar-refractivity contribution in [1.82, 2.24) is 4.90 Å². The van der Waals surface area contributed by atoms with Crippen molar-refractivity contribution < 1.29 is 0 Å². The van der Waals surface area contributed by atoms with E-state index in [9.17, 15) is 0 Å². The summed E-state index contributed by atoms with van der Waals surface area (Å²) in [5, 5.41) is 0. The first-order valence-corrected chi connectivity index (χ1v) is 5.25. The van der Waals surface area contributed by atoms with E-state index < -0.39 is 0 Å². The van der Waals surface area contributed by atoms with Gasteiger partial charge in [0.15, 0.2) is 0 Å². The van der Waals surface area contributed by atoms with Crippen LogP contribution in [-0.4, -0.2) is 30.6 Å². The van der Waals surface area contributed by atoms with Gasteiger partial charge in [0.05, 0.1) is 0 Å². The van der Waals surface area contributed by atoms with Gasteiger partial charge in [0, 0.05) is 12.1 Å². The minimum Gasteiger partial charge on any atom is -0.326 e. The maximum atomic E-state index is 6.23. The Morgan fingerprint density at radius 3 is 2.42 bits per heavy atom. The predicted octanol–water partition coefficient (Wildman–Crippen LogP) is 1.21. The summed E-state index contributed by atoms with van der Waals surface area (Å²) < 4.78 is 0. The van der Waals surface area contributed by atoms with Gasteiger partial charge in [-0.1, -0.05) is 6.42 Å². The average molecular weight is 168 g/mol. The van der Waals surface area contributed by atoms with Crippen molar-refractivity contribution in [2.45, 2.75) is 44.2 Å². The fourth-order valence-corrected chi connectivity index (χ4v) is 2.56. The molecule has 1 aliphatic heterocycles. The third-order valence-corrected chi connectivity index (χ3v) is 3.72. The van der Waals surface area contributed by atoms with Gasteiger partial charge in [-0.15, -0.1) is 0 Å². The second-order valence-electron chi connectivity index (χ2n) is 4.46. The van der Waals surface area contributed by atoms with Gasteiger partial charge in [0.2, 0.25) is 0 Å². The Morgan fingerprint density at radius 2 is 2.00 bits per heavy atom. The van der Waals surface area contributed by atoms with E-state index >= 15 is 0 Å². The summed E-state index contributed by atoms with van der Waals surface area (Å²) in [5.41, 5.74) is 6.23. The van der Waals surface area contributed by atoms with Crippen molar-refractivity contribution >= 4 is 0 Å². The number of hydrogen-bond acceptors (Lipinski definition) is 2. The highest BCUT2D eigenvalue weighted by Gasteiger charge is 2.34. The van der Waals surface area contributed by atoms with Crippen molar-refractivity contribution in [1.29, 1.82) is 0 Å². The van der Waals surface area contributed by atoms with Gasteiger partial charge in [-0.2, -0.15) is 0 Å². The Hall–Kier alpha value is -0.0800. The molecule has 2 fully saturated rings. The molecule has 1 saturated heterocycles. The lowest BCUT2D eigenvalue weighted by Gasteiger charge is -2.37. The highest BCUT2D eigenvalue weighted by molar-refractivity contribution is 4.92. The largest absolute Gasteiger partial charge is 0.326 e. The Bertz CT molecular complexity index is 154. The molecule has 2 rings (SSSR count). The van der Waals surface area contributed by atoms with E-state index in [0.717, 1.165) is 5.92 Å². The molecule has 0 aromatic rings. The molecule has 0 amide bonds. The monoisotopic (exact) mass is 168 g/mol. The molecule has 2 aliphatic rings. The van der Waals surface area contributed by atoms with Crippen molar-refractivity contribution in [3.63, 3.8) is 0 Å². The first-order valence-electron chi connectivity index (χ1n) is 5.25. The molecule has 1 aliphatic carbocycles. The standard InChI is InChI=1S/C10H20N2/c1-12-7-3-6-9(12)10(11)8-4-2-5-8/h8-10H,2-7,11H2,1H3. The van der Waals surface area contributed by atoms with Crippen LogP contribution in [0.2, 0.25) is 0 Å². The summed E-state index contributed by atoms with van der Waals surface area (Å²) >= 11 is 0. The van der Waals surface area contributed by atoms with Gasteiger partial charge in [0.1, 0.15) is 0 Å². The molecule has 2 N–H and O–H groups in total. The maximum Gasteiger partial charge on any atom is 0.0247 e. The molecule has 0 aromatic heterocycles. The van der Waals surface area contributed by atoms with Gasteiger partial charge in [-0.3, -0.25) is 0 Å². The zero-order valence-corrected chi connectivity index (χ0v) is 8.00. The van der Waals surface area contributed by atoms with Gasteiger partial charge in [-0.05, 0) is 45.2 Å². The number of likely N-dealkylation sites (tertiary alicyclic amines) is 1. The second kappa shape index (κ2) is 3.35. The fourth-order valence-electron chi connectivity index (χ4n) is 2.56. The van der Waals surface area contributed by atoms with E-state index in [1.54, 1.807) is 0 Å². The van der Waals surface area contributed by atoms with Crippen LogP contribution >= 0.6 is 0 Å². The Labute approximate surface area is 75.1 Å². The van der Waals surface area contributed by atoms with Crippen LogP contribution < -0.4 is 5.73 Å². The van der Waals surface area contributed by atoms with Crippen molar-refractivity contribution in [3.8, 4) is 0 Å². The lowest BCUT2D eigenvalue weighted by atomic mass is 9.77. The molecule has 2 unspecified atom stereocenters. The molecule has 0 aromatic carbocycles. The van der Waals surface area contributed by atoms with E-state index in [-0.39, 0.29) is 0 Å². The van der Waals surface area contributed by atoms with Crippen LogP contribution in [0.3, 0.4) is 0 Å². The molecule has 2 atom stereocenters. The van der Waals surface area contributed by atoms with E-state index in [2.05, 4.69) is 11.9 Å². The normalized spacial score (nSPS) is 35.0. The lowest BCUT2D eigenvalue weighted by molar-refractivity contribution is 0.171. The molecule has 2 heteroatoms. The average Bonchev–Trinajstić information content (AvgIpc) is 2.31. The van der Waals surface area contributed by atoms with E-state index in [4.69, 9.17) is 5.73 Å². The zero-order chi connectivity index (χ0) is 8.55. The first kappa shape index (κ1) is 8.52. The van der Waals surface area contributed by atoms with Crippen molar-refractivity contribution in [2.24, 2.45) is 11.7 Å². The quantitative estimate of drug-likeness (QED) is 0.671. The van der Waals surface area contributed by atoms with Crippen molar-refractivity contribution in [3.05, 3.63) is 0 Å². The summed E-state index contributed by atoms with van der Waals surface area (Å²) in [6, 6.07) is 1.15. The van der Waals surface area contributed by atoms with Crippen LogP contribution in [0.5, 0.6) is 0 Å². The molecule has 1 heterocycles. The Balaban J connectivity index is 1.89. The van der Waals surface area contributed by atoms with Crippen molar-refractivity contribution in [2.75, 3.05) is 13.6 Å². The maximum absolute atomic E-state index is 6.23. The third-order valence-electron chi connectivity index (χ3n) is 3.72. The minimum atomic E-state index is 0.464. The molecule has 0 spiro atoms. The van der Waals surface area contributed by atoms with Crippen LogP contribution in [-0.2, 0) is 0 Å². The first-order chi connectivity index (χ1) is 5.79. The van der Waals surface area contributed by atoms with Crippen LogP contribution in [0.1, 0.15) is 32.1 Å². The van der Waals surface area contributed by atoms with Gasteiger partial charge in [-0.25, -0.2) is 0 Å². The van der Waals surface area contributed by atoms with Crippen LogP contribution in [0.4, 0.5) is 0 Å². The molecular formula is C10H20N2. The van der Waals surface area contributed by atoms with Crippen LogP contribution in [0, 0.1) is 5.92 Å². The topological polar surface area (TPSA) is 29.3 Å². The minimum absolute atomic E-state index is 0.464. The highest BCUT2D eigenvalue weighted by Crippen LogP contribution is 2.33. The summed E-state index contributed by atoms with van der Waals surface area (Å²) in [7, 11) is 2.22. The van der Waals surface area contributed by atoms with Gasteiger partial charge >= 0.3 is 0 Å². The summed E-state index contributed by atoms with van der Waals surface area (Å²) in [6.45, 7) is 1.26. The Morgan fingerprint density at radius 1 is 1.25 bits per heavy atom. The molecule has 12 heavy (non-hydrogen) atoms. The van der Waals surface area contributed by atoms with E-state index in [1.165, 1.54) is 38.6 Å². The summed E-state index contributed by atoms with van der Waals surface area (Å²) in [5.74, 6) is 0.843. The molecule has 0 bridgehead atoms. The summed E-state index contributed by atoms with van der Waals surface area (Å²) in [4.78, 5) is 2.45. The smallest absolute Gasteiger partial charge is 0.0247 e. The number of hydrogen-bond donors (Lipinski definition) is 1. The van der Waals surface area contributed by atoms with Gasteiger partial charge in [0.25, 0.3) is 0 Å². The van der Waals surface area contributed by atoms with Crippen LogP contribution in [0.15, 0.2) is 0 Å². The molecule has 1 saturated carbocycles. The Kier molecular flexibility index (Phi) is 2.37. The number of nitrogens with zero attached hydrogens (tertiary/aromatic N) is 1. The molecule has 2 nitrogen and oxygen atoms in total. The highest BCUT2D eigenvalue weighted by atomic mass is 15.2. The fraction of sp³-hybridized carbons (Fsp3) is 1.00. The lowest BCUT2D eigenvalue weighted by Crippen LogP contribution is -2.48. The van der Waals surface area contributed by atoms with Crippen LogP contribution in [0.25, 0.3) is 0 Å². The summed E-state index contributed by atoms with van der Waals surface area (Å²) in [6.07, 6.45) is 6.85. The molecule has 70 valence electrons. The third kappa shape index (κ3) is 1.38. The van der Waals surface area contributed by atoms with Gasteiger partial charge < -0.3 is 10.6 Å². The SMILES string of the molecule is CN1CCCC1C(N)C1CCC1. The molecule has 0 radical (unpaired) electrons. The number of rotatable bonds is 2. The van der Waals surface area contributed by atoms with E-state index in [1.807, 2.05) is 0 Å². The predicted molar refractivity (Wildman–Crippen MR) is 51.0 cm³/mol. The number of likely N-dealkylation sites (N-methyl/N-ethyl adjacent to an activating group) is 1. The molecular weight excluding hydrogens is 148 g/mol.